The van der Waals surface area contributed by atoms with E-state index in [4.69, 9.17) is 0 Å². The monoisotopic (exact) mass is 270 g/mol. The van der Waals surface area contributed by atoms with Crippen LogP contribution >= 0.6 is 11.8 Å². The van der Waals surface area contributed by atoms with E-state index in [-0.39, 0.29) is 11.9 Å². The van der Waals surface area contributed by atoms with E-state index in [1.807, 2.05) is 13.8 Å². The van der Waals surface area contributed by atoms with Crippen LogP contribution in [0.1, 0.15) is 33.1 Å². The molecule has 1 aliphatic rings. The SMILES string of the molecule is C=C(C)[C@H]1CC(=O)C(C)C(SCCC(=O)OC)C1. The Labute approximate surface area is 113 Å². The molecule has 4 heteroatoms. The Morgan fingerprint density at radius 1 is 1.56 bits per heavy atom. The van der Waals surface area contributed by atoms with Gasteiger partial charge in [0.15, 0.2) is 0 Å². The largest absolute Gasteiger partial charge is 0.469 e. The highest BCUT2D eigenvalue weighted by molar-refractivity contribution is 7.99. The molecular formula is C14H22O3S. The first-order valence-electron chi connectivity index (χ1n) is 6.32. The van der Waals surface area contributed by atoms with Crippen molar-refractivity contribution in [2.75, 3.05) is 12.9 Å². The van der Waals surface area contributed by atoms with Gasteiger partial charge in [-0.3, -0.25) is 9.59 Å². The number of thioether (sulfide) groups is 1. The van der Waals surface area contributed by atoms with E-state index >= 15 is 0 Å². The van der Waals surface area contributed by atoms with E-state index in [0.717, 1.165) is 17.7 Å². The summed E-state index contributed by atoms with van der Waals surface area (Å²) in [5.41, 5.74) is 1.09. The van der Waals surface area contributed by atoms with Gasteiger partial charge in [0.2, 0.25) is 0 Å². The van der Waals surface area contributed by atoms with Crippen molar-refractivity contribution in [1.29, 1.82) is 0 Å². The van der Waals surface area contributed by atoms with Gasteiger partial charge in [-0.2, -0.15) is 11.8 Å². The molecule has 102 valence electrons. The number of ketones is 1. The Kier molecular flexibility index (Phi) is 5.93. The second kappa shape index (κ2) is 6.98. The van der Waals surface area contributed by atoms with Gasteiger partial charge in [-0.25, -0.2) is 0 Å². The van der Waals surface area contributed by atoms with E-state index in [1.54, 1.807) is 11.8 Å². The molecule has 2 unspecified atom stereocenters. The minimum absolute atomic E-state index is 0.0863. The average Bonchev–Trinajstić information content (AvgIpc) is 2.33. The summed E-state index contributed by atoms with van der Waals surface area (Å²) in [6, 6.07) is 0. The van der Waals surface area contributed by atoms with Crippen LogP contribution in [-0.2, 0) is 14.3 Å². The lowest BCUT2D eigenvalue weighted by molar-refractivity contribution is -0.140. The number of hydrogen-bond donors (Lipinski definition) is 0. The second-order valence-electron chi connectivity index (χ2n) is 4.97. The molecule has 1 fully saturated rings. The van der Waals surface area contributed by atoms with Crippen LogP contribution in [0.25, 0.3) is 0 Å². The molecule has 0 bridgehead atoms. The minimum atomic E-state index is -0.186. The minimum Gasteiger partial charge on any atom is -0.469 e. The van der Waals surface area contributed by atoms with Gasteiger partial charge in [0.25, 0.3) is 0 Å². The molecule has 3 nitrogen and oxygen atoms in total. The third-order valence-electron chi connectivity index (χ3n) is 3.59. The van der Waals surface area contributed by atoms with Crippen molar-refractivity contribution in [2.24, 2.45) is 11.8 Å². The Morgan fingerprint density at radius 2 is 2.22 bits per heavy atom. The molecule has 0 aromatic heterocycles. The first-order chi connectivity index (χ1) is 8.45. The van der Waals surface area contributed by atoms with Gasteiger partial charge in [-0.05, 0) is 19.3 Å². The maximum Gasteiger partial charge on any atom is 0.306 e. The van der Waals surface area contributed by atoms with E-state index in [0.29, 0.717) is 29.8 Å². The maximum atomic E-state index is 11.9. The van der Waals surface area contributed by atoms with Gasteiger partial charge in [-0.1, -0.05) is 19.1 Å². The van der Waals surface area contributed by atoms with Gasteiger partial charge >= 0.3 is 5.97 Å². The summed E-state index contributed by atoms with van der Waals surface area (Å²) in [5, 5.41) is 0.303. The van der Waals surface area contributed by atoms with Crippen LogP contribution in [0.5, 0.6) is 0 Å². The molecule has 1 aliphatic carbocycles. The Hall–Kier alpha value is -0.770. The second-order valence-corrected chi connectivity index (χ2v) is 6.32. The first-order valence-corrected chi connectivity index (χ1v) is 7.37. The highest BCUT2D eigenvalue weighted by Crippen LogP contribution is 2.37. The van der Waals surface area contributed by atoms with Crippen molar-refractivity contribution in [3.05, 3.63) is 12.2 Å². The quantitative estimate of drug-likeness (QED) is 0.569. The van der Waals surface area contributed by atoms with Gasteiger partial charge in [-0.15, -0.1) is 0 Å². The first kappa shape index (κ1) is 15.3. The highest BCUT2D eigenvalue weighted by Gasteiger charge is 2.34. The summed E-state index contributed by atoms with van der Waals surface area (Å²) in [7, 11) is 1.40. The van der Waals surface area contributed by atoms with Crippen molar-refractivity contribution in [3.63, 3.8) is 0 Å². The van der Waals surface area contributed by atoms with Crippen LogP contribution in [0.4, 0.5) is 0 Å². The molecule has 0 aromatic carbocycles. The summed E-state index contributed by atoms with van der Waals surface area (Å²) in [6.45, 7) is 7.94. The maximum absolute atomic E-state index is 11.9. The zero-order chi connectivity index (χ0) is 13.7. The Bertz CT molecular complexity index is 338. The van der Waals surface area contributed by atoms with Crippen LogP contribution < -0.4 is 0 Å². The van der Waals surface area contributed by atoms with Gasteiger partial charge < -0.3 is 4.74 Å². The molecule has 0 saturated heterocycles. The standard InChI is InChI=1S/C14H22O3S/c1-9(2)11-7-12(15)10(3)13(8-11)18-6-5-14(16)17-4/h10-11,13H,1,5-8H2,2-4H3/t10?,11-,13?/m0/s1. The molecular weight excluding hydrogens is 248 g/mol. The van der Waals surface area contributed by atoms with E-state index < -0.39 is 0 Å². The number of allylic oxidation sites excluding steroid dienone is 1. The fraction of sp³-hybridized carbons (Fsp3) is 0.714. The number of Topliss-reactive ketones (excluding diaryl/α,β-unsaturated/α-hetero) is 1. The van der Waals surface area contributed by atoms with Crippen LogP contribution in [0.3, 0.4) is 0 Å². The summed E-state index contributed by atoms with van der Waals surface area (Å²) in [5.74, 6) is 1.25. The predicted octanol–water partition coefficient (Wildman–Crippen LogP) is 2.84. The third kappa shape index (κ3) is 4.16. The molecule has 0 spiro atoms. The predicted molar refractivity (Wildman–Crippen MR) is 74.6 cm³/mol. The van der Waals surface area contributed by atoms with Crippen molar-refractivity contribution in [2.45, 2.75) is 38.4 Å². The van der Waals surface area contributed by atoms with Crippen LogP contribution in [0, 0.1) is 11.8 Å². The topological polar surface area (TPSA) is 43.4 Å². The smallest absolute Gasteiger partial charge is 0.306 e. The summed E-state index contributed by atoms with van der Waals surface area (Å²) < 4.78 is 4.61. The van der Waals surface area contributed by atoms with Crippen LogP contribution in [-0.4, -0.2) is 29.9 Å². The van der Waals surface area contributed by atoms with Crippen molar-refractivity contribution >= 4 is 23.5 Å². The molecule has 1 saturated carbocycles. The third-order valence-corrected chi connectivity index (χ3v) is 5.06. The van der Waals surface area contributed by atoms with Gasteiger partial charge in [0.1, 0.15) is 5.78 Å². The van der Waals surface area contributed by atoms with Crippen LogP contribution in [0.15, 0.2) is 12.2 Å². The molecule has 0 amide bonds. The molecule has 0 N–H and O–H groups in total. The number of carbonyl (C=O) groups is 2. The summed E-state index contributed by atoms with van der Waals surface area (Å²) >= 11 is 1.71. The zero-order valence-electron chi connectivity index (χ0n) is 11.4. The molecule has 0 radical (unpaired) electrons. The lowest BCUT2D eigenvalue weighted by Gasteiger charge is -2.33. The molecule has 0 aliphatic heterocycles. The molecule has 0 heterocycles. The van der Waals surface area contributed by atoms with E-state index in [2.05, 4.69) is 11.3 Å². The molecule has 0 aromatic rings. The lowest BCUT2D eigenvalue weighted by atomic mass is 9.79. The number of rotatable bonds is 5. The van der Waals surface area contributed by atoms with Crippen molar-refractivity contribution in [1.82, 2.24) is 0 Å². The van der Waals surface area contributed by atoms with Crippen LogP contribution in [0.2, 0.25) is 0 Å². The van der Waals surface area contributed by atoms with E-state index in [1.165, 1.54) is 7.11 Å². The van der Waals surface area contributed by atoms with Crippen molar-refractivity contribution < 1.29 is 14.3 Å². The Morgan fingerprint density at radius 3 is 2.78 bits per heavy atom. The fourth-order valence-corrected chi connectivity index (χ4v) is 3.58. The zero-order valence-corrected chi connectivity index (χ0v) is 12.2. The molecule has 18 heavy (non-hydrogen) atoms. The lowest BCUT2D eigenvalue weighted by Crippen LogP contribution is -2.33. The Balaban J connectivity index is 2.49. The number of methoxy groups -OCH3 is 1. The fourth-order valence-electron chi connectivity index (χ4n) is 2.19. The van der Waals surface area contributed by atoms with E-state index in [9.17, 15) is 9.59 Å². The van der Waals surface area contributed by atoms with Gasteiger partial charge in [0, 0.05) is 23.3 Å². The number of esters is 1. The normalized spacial score (nSPS) is 27.9. The molecule has 1 rings (SSSR count). The number of carbonyl (C=O) groups excluding carboxylic acids is 2. The number of hydrogen-bond acceptors (Lipinski definition) is 4. The number of ether oxygens (including phenoxy) is 1. The highest BCUT2D eigenvalue weighted by atomic mass is 32.2. The molecule has 3 atom stereocenters. The average molecular weight is 270 g/mol. The van der Waals surface area contributed by atoms with Gasteiger partial charge in [0.05, 0.1) is 13.5 Å². The summed E-state index contributed by atoms with van der Waals surface area (Å²) in [6.07, 6.45) is 2.04. The van der Waals surface area contributed by atoms with Crippen molar-refractivity contribution in [3.8, 4) is 0 Å². The summed E-state index contributed by atoms with van der Waals surface area (Å²) in [4.78, 5) is 23.0.